The molecule has 0 radical (unpaired) electrons. The zero-order valence-electron chi connectivity index (χ0n) is 39.6. The second-order valence-corrected chi connectivity index (χ2v) is 19.0. The van der Waals surface area contributed by atoms with Crippen molar-refractivity contribution in [3.8, 4) is 56.0 Å². The van der Waals surface area contributed by atoms with Gasteiger partial charge in [0.2, 0.25) is 11.5 Å². The van der Waals surface area contributed by atoms with Crippen LogP contribution in [0.3, 0.4) is 0 Å². The summed E-state index contributed by atoms with van der Waals surface area (Å²) in [6, 6.07) is 88.6. The van der Waals surface area contributed by atoms with Gasteiger partial charge in [-0.1, -0.05) is 152 Å². The minimum absolute atomic E-state index is 0.911. The molecule has 0 N–H and O–H groups in total. The first kappa shape index (κ1) is 41.0. The van der Waals surface area contributed by atoms with Gasteiger partial charge in [0.15, 0.2) is 12.7 Å². The second kappa shape index (κ2) is 16.4. The third kappa shape index (κ3) is 6.58. The van der Waals surface area contributed by atoms with Gasteiger partial charge in [0, 0.05) is 56.2 Å². The van der Waals surface area contributed by atoms with Gasteiger partial charge in [-0.25, -0.2) is 4.98 Å². The maximum Gasteiger partial charge on any atom is 0.220 e. The lowest BCUT2D eigenvalue weighted by atomic mass is 9.99. The quantitative estimate of drug-likeness (QED) is 0.161. The summed E-state index contributed by atoms with van der Waals surface area (Å²) in [5.74, 6) is 0.911. The average molecular weight is 935 g/mol. The zero-order valence-corrected chi connectivity index (χ0v) is 39.6. The van der Waals surface area contributed by atoms with Crippen molar-refractivity contribution in [1.82, 2.24) is 18.5 Å². The zero-order chi connectivity index (χ0) is 48.0. The monoisotopic (exact) mass is 934 g/mol. The Morgan fingerprint density at radius 2 is 1.03 bits per heavy atom. The van der Waals surface area contributed by atoms with Crippen molar-refractivity contribution in [2.24, 2.45) is 0 Å². The number of hydrogen-bond donors (Lipinski definition) is 0. The highest BCUT2D eigenvalue weighted by molar-refractivity contribution is 6.11. The van der Waals surface area contributed by atoms with E-state index in [1.165, 1.54) is 55.3 Å². The van der Waals surface area contributed by atoms with Crippen LogP contribution in [0.1, 0.15) is 5.56 Å². The fourth-order valence-electron chi connectivity index (χ4n) is 11.4. The number of furan rings is 1. The van der Waals surface area contributed by atoms with E-state index in [0.29, 0.717) is 0 Å². The summed E-state index contributed by atoms with van der Waals surface area (Å²) >= 11 is 0. The number of para-hydroxylation sites is 6. The van der Waals surface area contributed by atoms with E-state index in [1.807, 2.05) is 18.2 Å². The van der Waals surface area contributed by atoms with Crippen LogP contribution in [-0.4, -0.2) is 18.5 Å². The second-order valence-electron chi connectivity index (χ2n) is 19.0. The summed E-state index contributed by atoms with van der Waals surface area (Å²) < 4.78 is 15.6. The van der Waals surface area contributed by atoms with Crippen LogP contribution in [0.5, 0.6) is 0 Å². The molecule has 0 amide bonds. The van der Waals surface area contributed by atoms with Crippen LogP contribution >= 0.6 is 0 Å². The Labute approximate surface area is 420 Å². The van der Waals surface area contributed by atoms with Crippen LogP contribution in [0.15, 0.2) is 259 Å². The first-order valence-corrected chi connectivity index (χ1v) is 24.9. The molecule has 0 fully saturated rings. The summed E-state index contributed by atoms with van der Waals surface area (Å²) in [5, 5.41) is 4.73. The molecule has 1 aliphatic heterocycles. The molecule has 1 aliphatic rings. The van der Waals surface area contributed by atoms with Crippen LogP contribution in [0, 0.1) is 0 Å². The van der Waals surface area contributed by atoms with Gasteiger partial charge in [-0.15, -0.1) is 0 Å². The number of benzene rings is 10. The molecule has 0 saturated carbocycles. The molecule has 6 heterocycles. The van der Waals surface area contributed by atoms with Gasteiger partial charge in [0.1, 0.15) is 11.2 Å². The Morgan fingerprint density at radius 3 is 1.89 bits per heavy atom. The number of pyridine rings is 1. The molecule has 5 aromatic heterocycles. The predicted octanol–water partition coefficient (Wildman–Crippen LogP) is 16.4. The van der Waals surface area contributed by atoms with Crippen LogP contribution in [-0.2, 0) is 6.54 Å². The Hall–Kier alpha value is -9.78. The molecule has 0 spiro atoms. The van der Waals surface area contributed by atoms with Gasteiger partial charge in [-0.05, 0) is 113 Å². The van der Waals surface area contributed by atoms with E-state index >= 15 is 0 Å². The summed E-state index contributed by atoms with van der Waals surface area (Å²) in [4.78, 5) is 5.10. The molecular weight excluding hydrogens is 891 g/mol. The minimum atomic E-state index is 0.911. The van der Waals surface area contributed by atoms with Crippen molar-refractivity contribution >= 4 is 71.6 Å². The Morgan fingerprint density at radius 1 is 0.384 bits per heavy atom. The SMILES string of the molecule is c1ccc(-c2ccc3c(c2)-c2cccc[n+]2C3)cc1.c1ccc(-n2c3cc(-c4ccc5c(c4)c4ccccc4n5-c4ccc(-c5cccc6c5oc5ccccc56)cc4)ccc3n3c4ccccc4nc23)cc1. The highest BCUT2D eigenvalue weighted by Gasteiger charge is 2.25. The number of rotatable bonds is 5. The van der Waals surface area contributed by atoms with Crippen molar-refractivity contribution in [3.05, 3.63) is 260 Å². The lowest BCUT2D eigenvalue weighted by Crippen LogP contribution is -2.31. The van der Waals surface area contributed by atoms with Crippen LogP contribution in [0.4, 0.5) is 0 Å². The summed E-state index contributed by atoms with van der Waals surface area (Å²) in [6.45, 7) is 0.987. The van der Waals surface area contributed by atoms with Crippen molar-refractivity contribution in [3.63, 3.8) is 0 Å². The minimum Gasteiger partial charge on any atom is -0.455 e. The van der Waals surface area contributed by atoms with E-state index in [-0.39, 0.29) is 0 Å². The number of nitrogens with zero attached hydrogens (tertiary/aromatic N) is 5. The highest BCUT2D eigenvalue weighted by atomic mass is 16.3. The van der Waals surface area contributed by atoms with E-state index < -0.39 is 0 Å². The lowest BCUT2D eigenvalue weighted by Gasteiger charge is -2.10. The molecule has 0 unspecified atom stereocenters. The molecular formula is C67H44N5O+. The van der Waals surface area contributed by atoms with Gasteiger partial charge in [-0.3, -0.25) is 8.97 Å². The van der Waals surface area contributed by atoms with Gasteiger partial charge in [-0.2, -0.15) is 4.57 Å². The largest absolute Gasteiger partial charge is 0.455 e. The molecule has 6 heteroatoms. The third-order valence-electron chi connectivity index (χ3n) is 14.8. The summed E-state index contributed by atoms with van der Waals surface area (Å²) in [6.07, 6.45) is 2.15. The molecule has 15 aromatic rings. The average Bonchev–Trinajstić information content (AvgIpc) is 4.28. The molecule has 0 atom stereocenters. The number of fused-ring (bicyclic) bond motifs is 14. The fraction of sp³-hybridized carbons (Fsp3) is 0.0149. The first-order valence-electron chi connectivity index (χ1n) is 24.9. The van der Waals surface area contributed by atoms with Crippen LogP contribution in [0.25, 0.3) is 128 Å². The highest BCUT2D eigenvalue weighted by Crippen LogP contribution is 2.40. The van der Waals surface area contributed by atoms with E-state index in [0.717, 1.165) is 84.4 Å². The third-order valence-corrected chi connectivity index (χ3v) is 14.8. The molecule has 0 aliphatic carbocycles. The Kier molecular flexibility index (Phi) is 9.22. The molecule has 342 valence electrons. The maximum atomic E-state index is 6.37. The van der Waals surface area contributed by atoms with Gasteiger partial charge in [0.25, 0.3) is 0 Å². The van der Waals surface area contributed by atoms with Crippen LogP contribution in [0.2, 0.25) is 0 Å². The molecule has 6 nitrogen and oxygen atoms in total. The number of imidazole rings is 2. The fourth-order valence-corrected chi connectivity index (χ4v) is 11.4. The Bertz CT molecular complexity index is 4630. The van der Waals surface area contributed by atoms with Crippen LogP contribution < -0.4 is 4.57 Å². The maximum absolute atomic E-state index is 6.37. The number of aromatic nitrogens is 5. The van der Waals surface area contributed by atoms with E-state index in [1.54, 1.807) is 0 Å². The van der Waals surface area contributed by atoms with Crippen molar-refractivity contribution in [1.29, 1.82) is 0 Å². The van der Waals surface area contributed by atoms with Gasteiger partial charge >= 0.3 is 0 Å². The summed E-state index contributed by atoms with van der Waals surface area (Å²) in [7, 11) is 0. The molecule has 16 rings (SSSR count). The lowest BCUT2D eigenvalue weighted by molar-refractivity contribution is -0.672. The topological polar surface area (TPSA) is 44.2 Å². The summed E-state index contributed by atoms with van der Waals surface area (Å²) in [5.41, 5.74) is 21.9. The molecule has 0 saturated heterocycles. The van der Waals surface area contributed by atoms with E-state index in [9.17, 15) is 0 Å². The van der Waals surface area contributed by atoms with E-state index in [4.69, 9.17) is 9.40 Å². The van der Waals surface area contributed by atoms with E-state index in [2.05, 4.69) is 255 Å². The molecule has 0 bridgehead atoms. The predicted molar refractivity (Wildman–Crippen MR) is 299 cm³/mol. The smallest absolute Gasteiger partial charge is 0.220 e. The van der Waals surface area contributed by atoms with Crippen molar-refractivity contribution in [2.75, 3.05) is 0 Å². The number of hydrogen-bond acceptors (Lipinski definition) is 2. The molecule has 10 aromatic carbocycles. The Balaban J connectivity index is 0.000000208. The van der Waals surface area contributed by atoms with Gasteiger partial charge < -0.3 is 8.98 Å². The van der Waals surface area contributed by atoms with Gasteiger partial charge in [0.05, 0.1) is 38.7 Å². The molecule has 73 heavy (non-hydrogen) atoms. The normalized spacial score (nSPS) is 12.1. The standard InChI is InChI=1S/C49H30N4O.C18H14N/c1-2-11-34(12-3-1)52-46-30-33(24-28-45(46)53-44-19-8-6-17-41(44)50-49(52)53)32-23-27-43-40(29-32)37-13-4-7-18-42(37)51(43)35-25-21-31(22-26-35)36-15-10-16-39-38-14-5-9-20-47(38)54-48(36)39;1-2-6-14(7-3-1)15-9-10-16-13-19-11-5-4-8-18(19)17(16)12-15/h1-30H;1-12H,13H2/q;+1. The first-order chi connectivity index (χ1) is 36.2. The van der Waals surface area contributed by atoms with Crippen molar-refractivity contribution < 1.29 is 8.98 Å². The van der Waals surface area contributed by atoms with Crippen molar-refractivity contribution in [2.45, 2.75) is 6.54 Å².